The molecule has 1 aromatic rings. The van der Waals surface area contributed by atoms with Crippen LogP contribution >= 0.6 is 0 Å². The third-order valence-electron chi connectivity index (χ3n) is 1.97. The second kappa shape index (κ2) is 3.56. The molecule has 1 aromatic carbocycles. The average molecular weight is 177 g/mol. The summed E-state index contributed by atoms with van der Waals surface area (Å²) in [7, 11) is 0. The Kier molecular flexibility index (Phi) is 2.25. The van der Waals surface area contributed by atoms with Gasteiger partial charge in [-0.3, -0.25) is 0 Å². The number of ether oxygens (including phenoxy) is 1. The van der Waals surface area contributed by atoms with Crippen LogP contribution in [-0.4, -0.2) is 6.10 Å². The minimum atomic E-state index is 0.224. The number of rotatable bonds is 4. The van der Waals surface area contributed by atoms with Gasteiger partial charge in [0.15, 0.2) is 0 Å². The number of nitrogens with zero attached hydrogens (tertiary/aromatic N) is 1. The number of benzene rings is 1. The van der Waals surface area contributed by atoms with Crippen molar-refractivity contribution < 1.29 is 4.74 Å². The maximum absolute atomic E-state index is 10.0. The van der Waals surface area contributed by atoms with E-state index < -0.39 is 0 Å². The van der Waals surface area contributed by atoms with Gasteiger partial charge in [0.1, 0.15) is 12.3 Å². The summed E-state index contributed by atoms with van der Waals surface area (Å²) in [6.07, 6.45) is 2.70. The second-order valence-electron chi connectivity index (χ2n) is 3.25. The van der Waals surface area contributed by atoms with Crippen LogP contribution in [0.4, 0.5) is 0 Å². The summed E-state index contributed by atoms with van der Waals surface area (Å²) in [5.41, 5.74) is 0.910. The van der Waals surface area contributed by atoms with E-state index in [1.165, 1.54) is 0 Å². The molecule has 68 valence electrons. The molecule has 2 rings (SSSR count). The Morgan fingerprint density at radius 3 is 3.00 bits per heavy atom. The van der Waals surface area contributed by atoms with Crippen molar-refractivity contribution in [1.82, 2.24) is 0 Å². The fraction of sp³-hybridized carbons (Fsp3) is 0.400. The van der Waals surface area contributed by atoms with Gasteiger partial charge in [-0.05, 0) is 30.5 Å². The summed E-state index contributed by atoms with van der Waals surface area (Å²) < 4.78 is 5.57. The summed E-state index contributed by atoms with van der Waals surface area (Å²) in [5, 5.41) is 2.84. The van der Waals surface area contributed by atoms with Crippen molar-refractivity contribution in [3.05, 3.63) is 34.7 Å². The number of nitroso groups, excluding NO2 is 1. The van der Waals surface area contributed by atoms with Crippen molar-refractivity contribution in [2.75, 3.05) is 0 Å². The van der Waals surface area contributed by atoms with Crippen LogP contribution in [0.5, 0.6) is 5.75 Å². The molecule has 0 unspecified atom stereocenters. The lowest BCUT2D eigenvalue weighted by Crippen LogP contribution is -1.95. The monoisotopic (exact) mass is 177 g/mol. The maximum Gasteiger partial charge on any atom is 0.120 e. The largest absolute Gasteiger partial charge is 0.490 e. The van der Waals surface area contributed by atoms with E-state index in [-0.39, 0.29) is 6.54 Å². The summed E-state index contributed by atoms with van der Waals surface area (Å²) in [6.45, 7) is 0.224. The molecule has 0 bridgehead atoms. The molecule has 13 heavy (non-hydrogen) atoms. The molecule has 1 saturated carbocycles. The first-order valence-electron chi connectivity index (χ1n) is 4.43. The fourth-order valence-corrected chi connectivity index (χ4v) is 1.17. The quantitative estimate of drug-likeness (QED) is 0.663. The van der Waals surface area contributed by atoms with Crippen LogP contribution < -0.4 is 4.74 Å². The van der Waals surface area contributed by atoms with Crippen LogP contribution in [0.2, 0.25) is 0 Å². The SMILES string of the molecule is O=NCc1cccc(OC2CC2)c1. The Labute approximate surface area is 76.7 Å². The van der Waals surface area contributed by atoms with E-state index in [4.69, 9.17) is 4.74 Å². The highest BCUT2D eigenvalue weighted by atomic mass is 16.5. The van der Waals surface area contributed by atoms with E-state index in [1.807, 2.05) is 24.3 Å². The Hall–Kier alpha value is -1.38. The lowest BCUT2D eigenvalue weighted by Gasteiger charge is -2.04. The first kappa shape index (κ1) is 8.23. The van der Waals surface area contributed by atoms with Crippen molar-refractivity contribution in [3.63, 3.8) is 0 Å². The highest BCUT2D eigenvalue weighted by Gasteiger charge is 2.23. The zero-order valence-corrected chi connectivity index (χ0v) is 7.27. The van der Waals surface area contributed by atoms with Crippen LogP contribution in [-0.2, 0) is 6.54 Å². The number of hydrogen-bond donors (Lipinski definition) is 0. The molecule has 0 radical (unpaired) electrons. The standard InChI is InChI=1S/C10H11NO2/c12-11-7-8-2-1-3-10(6-8)13-9-4-5-9/h1-3,6,9H,4-5,7H2. The lowest BCUT2D eigenvalue weighted by atomic mass is 10.2. The third-order valence-corrected chi connectivity index (χ3v) is 1.97. The van der Waals surface area contributed by atoms with Gasteiger partial charge in [0.25, 0.3) is 0 Å². The molecule has 3 heteroatoms. The zero-order valence-electron chi connectivity index (χ0n) is 7.27. The summed E-state index contributed by atoms with van der Waals surface area (Å²) in [4.78, 5) is 10.0. The number of hydrogen-bond acceptors (Lipinski definition) is 3. The first-order valence-corrected chi connectivity index (χ1v) is 4.43. The van der Waals surface area contributed by atoms with Gasteiger partial charge in [-0.1, -0.05) is 17.3 Å². The highest BCUT2D eigenvalue weighted by molar-refractivity contribution is 5.28. The molecule has 1 aliphatic carbocycles. The van der Waals surface area contributed by atoms with E-state index >= 15 is 0 Å². The average Bonchev–Trinajstić information content (AvgIpc) is 2.90. The Morgan fingerprint density at radius 1 is 1.46 bits per heavy atom. The van der Waals surface area contributed by atoms with Crippen molar-refractivity contribution in [1.29, 1.82) is 0 Å². The molecule has 0 heterocycles. The van der Waals surface area contributed by atoms with Crippen molar-refractivity contribution in [3.8, 4) is 5.75 Å². The highest BCUT2D eigenvalue weighted by Crippen LogP contribution is 2.27. The van der Waals surface area contributed by atoms with Gasteiger partial charge >= 0.3 is 0 Å². The van der Waals surface area contributed by atoms with Gasteiger partial charge in [0.2, 0.25) is 0 Å². The Bertz CT molecular complexity index is 308. The molecular weight excluding hydrogens is 166 g/mol. The molecule has 0 aromatic heterocycles. The molecule has 0 atom stereocenters. The minimum Gasteiger partial charge on any atom is -0.490 e. The first-order chi connectivity index (χ1) is 6.38. The van der Waals surface area contributed by atoms with E-state index in [2.05, 4.69) is 5.18 Å². The van der Waals surface area contributed by atoms with Crippen LogP contribution in [0.3, 0.4) is 0 Å². The van der Waals surface area contributed by atoms with Gasteiger partial charge in [0.05, 0.1) is 6.10 Å². The normalized spacial score (nSPS) is 15.4. The predicted molar refractivity (Wildman–Crippen MR) is 49.6 cm³/mol. The Balaban J connectivity index is 2.06. The maximum atomic E-state index is 10.0. The molecular formula is C10H11NO2. The van der Waals surface area contributed by atoms with Crippen LogP contribution in [0.15, 0.2) is 29.4 Å². The molecule has 1 aliphatic rings. The molecule has 3 nitrogen and oxygen atoms in total. The summed E-state index contributed by atoms with van der Waals surface area (Å²) >= 11 is 0. The van der Waals surface area contributed by atoms with Gasteiger partial charge in [-0.2, -0.15) is 4.91 Å². The van der Waals surface area contributed by atoms with Crippen molar-refractivity contribution >= 4 is 0 Å². The Morgan fingerprint density at radius 2 is 2.31 bits per heavy atom. The van der Waals surface area contributed by atoms with E-state index in [0.29, 0.717) is 6.10 Å². The van der Waals surface area contributed by atoms with E-state index in [9.17, 15) is 4.91 Å². The van der Waals surface area contributed by atoms with E-state index in [1.54, 1.807) is 0 Å². The van der Waals surface area contributed by atoms with E-state index in [0.717, 1.165) is 24.2 Å². The minimum absolute atomic E-state index is 0.224. The van der Waals surface area contributed by atoms with Gasteiger partial charge < -0.3 is 4.74 Å². The molecule has 0 N–H and O–H groups in total. The van der Waals surface area contributed by atoms with Gasteiger partial charge in [-0.15, -0.1) is 0 Å². The predicted octanol–water partition coefficient (Wildman–Crippen LogP) is 2.49. The molecule has 1 fully saturated rings. The van der Waals surface area contributed by atoms with Crippen LogP contribution in [0, 0.1) is 4.91 Å². The topological polar surface area (TPSA) is 38.7 Å². The second-order valence-corrected chi connectivity index (χ2v) is 3.25. The lowest BCUT2D eigenvalue weighted by molar-refractivity contribution is 0.303. The molecule has 0 amide bonds. The van der Waals surface area contributed by atoms with Crippen LogP contribution in [0.1, 0.15) is 18.4 Å². The molecule has 0 saturated heterocycles. The zero-order chi connectivity index (χ0) is 9.10. The summed E-state index contributed by atoms with van der Waals surface area (Å²) in [6, 6.07) is 7.55. The third kappa shape index (κ3) is 2.28. The molecule has 0 spiro atoms. The van der Waals surface area contributed by atoms with Crippen molar-refractivity contribution in [2.24, 2.45) is 5.18 Å². The molecule has 0 aliphatic heterocycles. The fourth-order valence-electron chi connectivity index (χ4n) is 1.17. The smallest absolute Gasteiger partial charge is 0.120 e. The summed E-state index contributed by atoms with van der Waals surface area (Å²) in [5.74, 6) is 0.851. The van der Waals surface area contributed by atoms with Crippen molar-refractivity contribution in [2.45, 2.75) is 25.5 Å². The van der Waals surface area contributed by atoms with Gasteiger partial charge in [0, 0.05) is 0 Å². The van der Waals surface area contributed by atoms with Crippen LogP contribution in [0.25, 0.3) is 0 Å². The van der Waals surface area contributed by atoms with Gasteiger partial charge in [-0.25, -0.2) is 0 Å².